The lowest BCUT2D eigenvalue weighted by molar-refractivity contribution is -0.0832. The number of ether oxygens (including phenoxy) is 1. The minimum Gasteiger partial charge on any atom is -0.466 e. The number of rotatable bonds is 7. The molecule has 0 aliphatic rings. The number of nitrogens with two attached hydrogens (primary N) is 1. The molecule has 138 valence electrons. The molecule has 0 aromatic heterocycles. The zero-order valence-corrected chi connectivity index (χ0v) is 15.5. The second kappa shape index (κ2) is 8.65. The van der Waals surface area contributed by atoms with Gasteiger partial charge in [0.2, 0.25) is 6.23 Å². The van der Waals surface area contributed by atoms with Crippen molar-refractivity contribution in [2.24, 2.45) is 16.3 Å². The summed E-state index contributed by atoms with van der Waals surface area (Å²) in [7, 11) is 0. The molecule has 2 unspecified atom stereocenters. The zero-order valence-electron chi connectivity index (χ0n) is 15.5. The molecule has 0 amide bonds. The second-order valence-corrected chi connectivity index (χ2v) is 7.10. The summed E-state index contributed by atoms with van der Waals surface area (Å²) in [4.78, 5) is 3.90. The first-order chi connectivity index (χ1) is 12.3. The Balaban J connectivity index is 2.21. The SMILES string of the molecule is C=C/N=C\N(N)C(Oc1ccc(-c2ccccc2)cc1)C(O)C(C)(C)C. The van der Waals surface area contributed by atoms with Crippen molar-refractivity contribution in [1.82, 2.24) is 5.01 Å². The molecule has 26 heavy (non-hydrogen) atoms. The lowest BCUT2D eigenvalue weighted by Crippen LogP contribution is -2.54. The molecule has 0 bridgehead atoms. The Bertz CT molecular complexity index is 721. The number of aliphatic imine (C=N–C) groups is 1. The third-order valence-corrected chi connectivity index (χ3v) is 3.97. The number of hydrogen-bond acceptors (Lipinski definition) is 4. The molecule has 0 aliphatic heterocycles. The fraction of sp³-hybridized carbons (Fsp3) is 0.286. The van der Waals surface area contributed by atoms with E-state index in [1.165, 1.54) is 17.5 Å². The first-order valence-electron chi connectivity index (χ1n) is 8.50. The molecule has 0 saturated heterocycles. The highest BCUT2D eigenvalue weighted by Crippen LogP contribution is 2.27. The topological polar surface area (TPSA) is 71.1 Å². The lowest BCUT2D eigenvalue weighted by atomic mass is 9.88. The molecule has 5 nitrogen and oxygen atoms in total. The fourth-order valence-corrected chi connectivity index (χ4v) is 2.40. The molecule has 0 spiro atoms. The van der Waals surface area contributed by atoms with Gasteiger partial charge in [0.1, 0.15) is 18.2 Å². The third-order valence-electron chi connectivity index (χ3n) is 3.97. The second-order valence-electron chi connectivity index (χ2n) is 7.10. The van der Waals surface area contributed by atoms with E-state index < -0.39 is 17.7 Å². The molecule has 2 rings (SSSR count). The van der Waals surface area contributed by atoms with Gasteiger partial charge in [0.25, 0.3) is 0 Å². The summed E-state index contributed by atoms with van der Waals surface area (Å²) in [5.74, 6) is 6.63. The van der Waals surface area contributed by atoms with Crippen molar-refractivity contribution >= 4 is 6.34 Å². The smallest absolute Gasteiger partial charge is 0.212 e. The summed E-state index contributed by atoms with van der Waals surface area (Å²) in [5, 5.41) is 11.9. The van der Waals surface area contributed by atoms with E-state index in [1.54, 1.807) is 0 Å². The number of aliphatic hydroxyl groups excluding tert-OH is 1. The maximum atomic E-state index is 10.7. The van der Waals surface area contributed by atoms with Crippen molar-refractivity contribution in [2.45, 2.75) is 33.1 Å². The van der Waals surface area contributed by atoms with Crippen molar-refractivity contribution < 1.29 is 9.84 Å². The molecule has 5 heteroatoms. The number of benzene rings is 2. The average molecular weight is 353 g/mol. The van der Waals surface area contributed by atoms with Crippen LogP contribution in [0.5, 0.6) is 5.75 Å². The minimum atomic E-state index is -0.836. The van der Waals surface area contributed by atoms with Gasteiger partial charge in [-0.2, -0.15) is 0 Å². The van der Waals surface area contributed by atoms with E-state index >= 15 is 0 Å². The van der Waals surface area contributed by atoms with Crippen LogP contribution in [0.2, 0.25) is 0 Å². The summed E-state index contributed by atoms with van der Waals surface area (Å²) in [6, 6.07) is 17.8. The number of hydrazine groups is 1. The van der Waals surface area contributed by atoms with E-state index in [4.69, 9.17) is 10.6 Å². The largest absolute Gasteiger partial charge is 0.466 e. The Morgan fingerprint density at radius 3 is 2.19 bits per heavy atom. The Labute approximate surface area is 155 Å². The van der Waals surface area contributed by atoms with Crippen LogP contribution < -0.4 is 10.6 Å². The van der Waals surface area contributed by atoms with Crippen LogP contribution in [0, 0.1) is 5.41 Å². The zero-order chi connectivity index (χ0) is 19.2. The van der Waals surface area contributed by atoms with Gasteiger partial charge in [-0.1, -0.05) is 69.8 Å². The minimum absolute atomic E-state index is 0.422. The molecular weight excluding hydrogens is 326 g/mol. The number of aliphatic hydroxyl groups is 1. The molecule has 2 aromatic carbocycles. The Morgan fingerprint density at radius 2 is 1.65 bits per heavy atom. The van der Waals surface area contributed by atoms with Gasteiger partial charge >= 0.3 is 0 Å². The molecule has 0 radical (unpaired) electrons. The first kappa shape index (κ1) is 19.7. The van der Waals surface area contributed by atoms with Crippen LogP contribution in [0.15, 0.2) is 72.4 Å². The van der Waals surface area contributed by atoms with Crippen molar-refractivity contribution in [2.75, 3.05) is 0 Å². The molecule has 2 aromatic rings. The molecule has 3 N–H and O–H groups in total. The maximum absolute atomic E-state index is 10.7. The van der Waals surface area contributed by atoms with Crippen LogP contribution >= 0.6 is 0 Å². The number of nitrogens with zero attached hydrogens (tertiary/aromatic N) is 2. The van der Waals surface area contributed by atoms with E-state index in [0.29, 0.717) is 5.75 Å². The summed E-state index contributed by atoms with van der Waals surface area (Å²) in [6.07, 6.45) is 1.12. The normalized spacial score (nSPS) is 14.0. The van der Waals surface area contributed by atoms with Crippen LogP contribution in [-0.4, -0.2) is 28.8 Å². The van der Waals surface area contributed by atoms with Crippen LogP contribution in [0.25, 0.3) is 11.1 Å². The quantitative estimate of drug-likeness (QED) is 0.261. The fourth-order valence-electron chi connectivity index (χ4n) is 2.40. The highest BCUT2D eigenvalue weighted by Gasteiger charge is 2.34. The third kappa shape index (κ3) is 5.18. The van der Waals surface area contributed by atoms with Gasteiger partial charge in [-0.25, -0.2) is 10.8 Å². The summed E-state index contributed by atoms with van der Waals surface area (Å²) in [5.41, 5.74) is 1.79. The van der Waals surface area contributed by atoms with Crippen LogP contribution in [0.1, 0.15) is 20.8 Å². The van der Waals surface area contributed by atoms with Crippen LogP contribution in [-0.2, 0) is 0 Å². The van der Waals surface area contributed by atoms with Crippen LogP contribution in [0.4, 0.5) is 0 Å². The maximum Gasteiger partial charge on any atom is 0.212 e. The standard InChI is InChI=1S/C21H27N3O2/c1-5-23-15-24(22)20(19(25)21(2,3)4)26-18-13-11-17(12-14-18)16-9-7-6-8-10-16/h5-15,19-20,25H,1,22H2,2-4H3/b23-15-. The van der Waals surface area contributed by atoms with Gasteiger partial charge in [0.05, 0.1) is 0 Å². The van der Waals surface area contributed by atoms with Gasteiger partial charge in [0.15, 0.2) is 0 Å². The molecule has 0 aliphatic carbocycles. The highest BCUT2D eigenvalue weighted by molar-refractivity contribution is 5.64. The van der Waals surface area contributed by atoms with Crippen molar-refractivity contribution in [3.05, 3.63) is 67.4 Å². The lowest BCUT2D eigenvalue weighted by Gasteiger charge is -2.36. The summed E-state index contributed by atoms with van der Waals surface area (Å²) < 4.78 is 5.98. The van der Waals surface area contributed by atoms with Gasteiger partial charge in [-0.15, -0.1) is 0 Å². The molecule has 2 atom stereocenters. The Kier molecular flexibility index (Phi) is 6.55. The first-order valence-corrected chi connectivity index (χ1v) is 8.50. The van der Waals surface area contributed by atoms with Crippen molar-refractivity contribution in [3.63, 3.8) is 0 Å². The van der Waals surface area contributed by atoms with E-state index in [1.807, 2.05) is 63.2 Å². The predicted molar refractivity (Wildman–Crippen MR) is 106 cm³/mol. The molecule has 0 saturated carbocycles. The summed E-state index contributed by atoms with van der Waals surface area (Å²) >= 11 is 0. The molecular formula is C21H27N3O2. The van der Waals surface area contributed by atoms with Gasteiger partial charge in [0, 0.05) is 6.20 Å². The van der Waals surface area contributed by atoms with Crippen molar-refractivity contribution in [1.29, 1.82) is 0 Å². The summed E-state index contributed by atoms with van der Waals surface area (Å²) in [6.45, 7) is 9.29. The van der Waals surface area contributed by atoms with E-state index in [9.17, 15) is 5.11 Å². The Morgan fingerprint density at radius 1 is 1.08 bits per heavy atom. The highest BCUT2D eigenvalue weighted by atomic mass is 16.5. The number of hydrogen-bond donors (Lipinski definition) is 2. The average Bonchev–Trinajstić information content (AvgIpc) is 2.64. The van der Waals surface area contributed by atoms with Crippen molar-refractivity contribution in [3.8, 4) is 16.9 Å². The van der Waals surface area contributed by atoms with Gasteiger partial charge in [-0.3, -0.25) is 5.01 Å². The van der Waals surface area contributed by atoms with E-state index in [-0.39, 0.29) is 0 Å². The van der Waals surface area contributed by atoms with Gasteiger partial charge in [-0.05, 0) is 28.7 Å². The predicted octanol–water partition coefficient (Wildman–Crippen LogP) is 3.81. The van der Waals surface area contributed by atoms with E-state index in [2.05, 4.69) is 23.7 Å². The van der Waals surface area contributed by atoms with E-state index in [0.717, 1.165) is 11.1 Å². The van der Waals surface area contributed by atoms with Gasteiger partial charge < -0.3 is 9.84 Å². The molecule has 0 fully saturated rings. The monoisotopic (exact) mass is 353 g/mol. The van der Waals surface area contributed by atoms with Crippen LogP contribution in [0.3, 0.4) is 0 Å². The Hall–Kier alpha value is -2.63. The molecule has 0 heterocycles.